The molecule has 0 amide bonds. The number of carbonyl (C=O) groups is 1. The van der Waals surface area contributed by atoms with Crippen molar-refractivity contribution in [3.05, 3.63) is 71.4 Å². The number of esters is 1. The molecule has 3 atom stereocenters. The van der Waals surface area contributed by atoms with Crippen LogP contribution in [0.4, 0.5) is 0 Å². The minimum Gasteiger partial charge on any atom is -0.460 e. The number of aliphatic hydroxyl groups is 1. The van der Waals surface area contributed by atoms with E-state index in [0.717, 1.165) is 25.9 Å². The van der Waals surface area contributed by atoms with Gasteiger partial charge in [-0.2, -0.15) is 0 Å². The molecule has 0 unspecified atom stereocenters. The number of benzene rings is 2. The van der Waals surface area contributed by atoms with Gasteiger partial charge in [0, 0.05) is 35.6 Å². The molecule has 0 aliphatic carbocycles. The Morgan fingerprint density at radius 1 is 1.10 bits per heavy atom. The summed E-state index contributed by atoms with van der Waals surface area (Å²) in [5.41, 5.74) is 5.10. The molecule has 2 aliphatic heterocycles. The van der Waals surface area contributed by atoms with Crippen LogP contribution in [0, 0.1) is 5.92 Å². The molecule has 5 heteroatoms. The van der Waals surface area contributed by atoms with E-state index in [0.29, 0.717) is 6.42 Å². The molecule has 3 aromatic rings. The molecule has 1 aromatic heterocycles. The Morgan fingerprint density at radius 2 is 1.90 bits per heavy atom. The smallest absolute Gasteiger partial charge is 0.306 e. The third-order valence-electron chi connectivity index (χ3n) is 6.44. The number of rotatable bonds is 5. The fourth-order valence-electron chi connectivity index (χ4n) is 5.01. The zero-order chi connectivity index (χ0) is 19.8. The number of aromatic amines is 1. The SMILES string of the molecule is O=C1C[C@@H](C[C@@H]2c3[nH]c4ccccc4c3CCN2Cc2ccccc2)[C@@H](CO)O1. The van der Waals surface area contributed by atoms with Crippen molar-refractivity contribution >= 4 is 16.9 Å². The molecule has 1 fully saturated rings. The molecule has 2 N–H and O–H groups in total. The highest BCUT2D eigenvalue weighted by molar-refractivity contribution is 5.85. The lowest BCUT2D eigenvalue weighted by molar-refractivity contribution is -0.142. The van der Waals surface area contributed by atoms with Crippen molar-refractivity contribution in [1.29, 1.82) is 0 Å². The first-order chi connectivity index (χ1) is 14.2. The Morgan fingerprint density at radius 3 is 2.72 bits per heavy atom. The number of carbonyl (C=O) groups excluding carboxylic acids is 1. The first-order valence-electron chi connectivity index (χ1n) is 10.4. The largest absolute Gasteiger partial charge is 0.460 e. The van der Waals surface area contributed by atoms with E-state index in [1.54, 1.807) is 0 Å². The van der Waals surface area contributed by atoms with Gasteiger partial charge < -0.3 is 14.8 Å². The fraction of sp³-hybridized carbons (Fsp3) is 0.375. The Bertz CT molecular complexity index is 1010. The van der Waals surface area contributed by atoms with Gasteiger partial charge in [-0.05, 0) is 30.0 Å². The number of aromatic nitrogens is 1. The number of cyclic esters (lactones) is 1. The molecule has 29 heavy (non-hydrogen) atoms. The Balaban J connectivity index is 1.51. The van der Waals surface area contributed by atoms with Crippen LogP contribution in [0.3, 0.4) is 0 Å². The molecule has 0 bridgehead atoms. The number of hydrogen-bond acceptors (Lipinski definition) is 4. The van der Waals surface area contributed by atoms with Gasteiger partial charge in [0.1, 0.15) is 6.10 Å². The molecular formula is C24H26N2O3. The summed E-state index contributed by atoms with van der Waals surface area (Å²) in [4.78, 5) is 18.0. The van der Waals surface area contributed by atoms with Crippen molar-refractivity contribution in [3.8, 4) is 0 Å². The number of fused-ring (bicyclic) bond motifs is 3. The second kappa shape index (κ2) is 7.65. The van der Waals surface area contributed by atoms with Crippen molar-refractivity contribution in [2.45, 2.75) is 38.0 Å². The average Bonchev–Trinajstić information content (AvgIpc) is 3.30. The summed E-state index contributed by atoms with van der Waals surface area (Å²) in [6, 6.07) is 19.2. The topological polar surface area (TPSA) is 65.6 Å². The highest BCUT2D eigenvalue weighted by Gasteiger charge is 2.39. The third kappa shape index (κ3) is 3.45. The van der Waals surface area contributed by atoms with Crippen LogP contribution in [-0.4, -0.2) is 40.2 Å². The van der Waals surface area contributed by atoms with Gasteiger partial charge in [-0.25, -0.2) is 0 Å². The Kier molecular flexibility index (Phi) is 4.86. The molecule has 0 saturated carbocycles. The van der Waals surface area contributed by atoms with Crippen molar-refractivity contribution in [1.82, 2.24) is 9.88 Å². The summed E-state index contributed by atoms with van der Waals surface area (Å²) in [6.45, 7) is 1.73. The second-order valence-corrected chi connectivity index (χ2v) is 8.20. The van der Waals surface area contributed by atoms with Gasteiger partial charge in [-0.15, -0.1) is 0 Å². The molecule has 0 spiro atoms. The maximum absolute atomic E-state index is 11.9. The van der Waals surface area contributed by atoms with E-state index < -0.39 is 6.10 Å². The number of ether oxygens (including phenoxy) is 1. The minimum absolute atomic E-state index is 0.0353. The summed E-state index contributed by atoms with van der Waals surface area (Å²) in [7, 11) is 0. The average molecular weight is 390 g/mol. The molecule has 2 aliphatic rings. The zero-order valence-corrected chi connectivity index (χ0v) is 16.4. The number of nitrogens with zero attached hydrogens (tertiary/aromatic N) is 1. The highest BCUT2D eigenvalue weighted by Crippen LogP contribution is 2.41. The van der Waals surface area contributed by atoms with Crippen LogP contribution in [0.2, 0.25) is 0 Å². The molecule has 5 nitrogen and oxygen atoms in total. The lowest BCUT2D eigenvalue weighted by atomic mass is 9.87. The summed E-state index contributed by atoms with van der Waals surface area (Å²) >= 11 is 0. The minimum atomic E-state index is -0.393. The number of H-pyrrole nitrogens is 1. The van der Waals surface area contributed by atoms with E-state index in [1.807, 2.05) is 6.07 Å². The lowest BCUT2D eigenvalue weighted by Crippen LogP contribution is -2.37. The van der Waals surface area contributed by atoms with Crippen molar-refractivity contribution in [3.63, 3.8) is 0 Å². The van der Waals surface area contributed by atoms with Crippen LogP contribution in [0.1, 0.15) is 35.7 Å². The van der Waals surface area contributed by atoms with Crippen LogP contribution in [0.15, 0.2) is 54.6 Å². The van der Waals surface area contributed by atoms with Crippen molar-refractivity contribution < 1.29 is 14.6 Å². The zero-order valence-electron chi connectivity index (χ0n) is 16.4. The number of hydrogen-bond donors (Lipinski definition) is 2. The molecule has 150 valence electrons. The quantitative estimate of drug-likeness (QED) is 0.654. The molecule has 3 heterocycles. The molecule has 0 radical (unpaired) electrons. The van der Waals surface area contributed by atoms with Crippen LogP contribution < -0.4 is 0 Å². The molecule has 5 rings (SSSR count). The van der Waals surface area contributed by atoms with E-state index in [-0.39, 0.29) is 24.5 Å². The van der Waals surface area contributed by atoms with Crippen molar-refractivity contribution in [2.24, 2.45) is 5.92 Å². The number of nitrogens with one attached hydrogen (secondary N) is 1. The lowest BCUT2D eigenvalue weighted by Gasteiger charge is -2.37. The van der Waals surface area contributed by atoms with E-state index in [2.05, 4.69) is 58.4 Å². The van der Waals surface area contributed by atoms with Crippen molar-refractivity contribution in [2.75, 3.05) is 13.2 Å². The summed E-state index contributed by atoms with van der Waals surface area (Å²) in [5, 5.41) is 11.0. The summed E-state index contributed by atoms with van der Waals surface area (Å²) in [5.74, 6) is -0.163. The van der Waals surface area contributed by atoms with Gasteiger partial charge in [0.15, 0.2) is 0 Å². The Hall–Kier alpha value is -2.63. The summed E-state index contributed by atoms with van der Waals surface area (Å²) in [6.07, 6.45) is 1.79. The van der Waals surface area contributed by atoms with Gasteiger partial charge in [-0.1, -0.05) is 48.5 Å². The second-order valence-electron chi connectivity index (χ2n) is 8.20. The third-order valence-corrected chi connectivity index (χ3v) is 6.44. The van der Waals surface area contributed by atoms with Gasteiger partial charge in [-0.3, -0.25) is 9.69 Å². The van der Waals surface area contributed by atoms with Gasteiger partial charge in [0.25, 0.3) is 0 Å². The van der Waals surface area contributed by atoms with E-state index in [9.17, 15) is 9.90 Å². The van der Waals surface area contributed by atoms with Crippen LogP contribution in [-0.2, 0) is 22.5 Å². The van der Waals surface area contributed by atoms with E-state index in [4.69, 9.17) is 4.74 Å². The standard InChI is InChI=1S/C24H26N2O3/c27-15-22-17(13-23(28)29-22)12-21-24-19(18-8-4-5-9-20(18)25-24)10-11-26(21)14-16-6-2-1-3-7-16/h1-9,17,21-22,25,27H,10-15H2/t17-,21-,22-/m1/s1. The van der Waals surface area contributed by atoms with Gasteiger partial charge in [0.2, 0.25) is 0 Å². The maximum Gasteiger partial charge on any atom is 0.306 e. The maximum atomic E-state index is 11.9. The Labute approximate surface area is 170 Å². The fourth-order valence-corrected chi connectivity index (χ4v) is 5.01. The number of para-hydroxylation sites is 1. The van der Waals surface area contributed by atoms with Gasteiger partial charge >= 0.3 is 5.97 Å². The molecule has 1 saturated heterocycles. The number of aliphatic hydroxyl groups excluding tert-OH is 1. The van der Waals surface area contributed by atoms with Crippen LogP contribution in [0.25, 0.3) is 10.9 Å². The normalized spacial score (nSPS) is 24.6. The van der Waals surface area contributed by atoms with E-state index in [1.165, 1.54) is 27.7 Å². The molecule has 2 aromatic carbocycles. The molecular weight excluding hydrogens is 364 g/mol. The first kappa shape index (κ1) is 18.4. The predicted octanol–water partition coefficient (Wildman–Crippen LogP) is 3.58. The van der Waals surface area contributed by atoms with E-state index >= 15 is 0 Å². The monoisotopic (exact) mass is 390 g/mol. The van der Waals surface area contributed by atoms with Crippen LogP contribution in [0.5, 0.6) is 0 Å². The first-order valence-corrected chi connectivity index (χ1v) is 10.4. The summed E-state index contributed by atoms with van der Waals surface area (Å²) < 4.78 is 5.35. The highest BCUT2D eigenvalue weighted by atomic mass is 16.6. The predicted molar refractivity (Wildman–Crippen MR) is 111 cm³/mol. The van der Waals surface area contributed by atoms with Gasteiger partial charge in [0.05, 0.1) is 19.1 Å². The van der Waals surface area contributed by atoms with Crippen LogP contribution >= 0.6 is 0 Å².